The van der Waals surface area contributed by atoms with Crippen molar-refractivity contribution in [3.63, 3.8) is 0 Å². The number of benzene rings is 8. The smallest absolute Gasteiger partial charge is 0.0614 e. The molecule has 8 aromatic carbocycles. The van der Waals surface area contributed by atoms with E-state index in [1.165, 1.54) is 127 Å². The van der Waals surface area contributed by atoms with Crippen molar-refractivity contribution >= 4 is 139 Å². The van der Waals surface area contributed by atoms with E-state index in [1.807, 2.05) is 22.7 Å². The minimum Gasteiger partial charge on any atom is -0.315 e. The molecule has 4 heteroatoms. The Bertz CT molecular complexity index is 4060. The van der Waals surface area contributed by atoms with Gasteiger partial charge in [-0.25, -0.2) is 0 Å². The van der Waals surface area contributed by atoms with Gasteiger partial charge in [-0.3, -0.25) is 0 Å². The molecular formula is C52H28N2S2. The van der Waals surface area contributed by atoms with Gasteiger partial charge >= 0.3 is 0 Å². The molecule has 0 spiro atoms. The van der Waals surface area contributed by atoms with Crippen molar-refractivity contribution in [2.24, 2.45) is 0 Å². The maximum atomic E-state index is 2.46. The van der Waals surface area contributed by atoms with Gasteiger partial charge in [-0.05, 0) is 82.6 Å². The Balaban J connectivity index is 1.04. The van der Waals surface area contributed by atoms with Gasteiger partial charge in [0.25, 0.3) is 0 Å². The van der Waals surface area contributed by atoms with E-state index < -0.39 is 0 Å². The van der Waals surface area contributed by atoms with E-state index in [4.69, 9.17) is 0 Å². The van der Waals surface area contributed by atoms with Crippen LogP contribution in [0.3, 0.4) is 0 Å². The van der Waals surface area contributed by atoms with Crippen LogP contribution in [0.4, 0.5) is 0 Å². The summed E-state index contributed by atoms with van der Waals surface area (Å²) in [6.45, 7) is 0. The Morgan fingerprint density at radius 1 is 0.286 bits per heavy atom. The molecular weight excluding hydrogens is 717 g/mol. The molecule has 0 aliphatic rings. The molecule has 6 aromatic heterocycles. The van der Waals surface area contributed by atoms with Gasteiger partial charge < -0.3 is 8.80 Å². The van der Waals surface area contributed by atoms with Crippen LogP contribution in [0.25, 0.3) is 127 Å². The standard InChI is InChI=1S/C52H28N2S2/c1-2-10-33-31(9-1)27-53-46-20-18-30(22-40(46)39-25-49-42(24-43(39)51(33)53)37-13-5-8-16-48(37)55-49)29-17-19-34-32(21-29)28-54-45-14-6-3-11-35(45)38-23-41-36-12-4-7-15-47(36)56-50(41)26-44(38)52(34)54/h1-28H. The molecule has 0 saturated carbocycles. The van der Waals surface area contributed by atoms with E-state index in [-0.39, 0.29) is 0 Å². The highest BCUT2D eigenvalue weighted by Crippen LogP contribution is 2.45. The third-order valence-electron chi connectivity index (χ3n) is 12.4. The number of nitrogens with zero attached hydrogens (tertiary/aromatic N) is 2. The monoisotopic (exact) mass is 744 g/mol. The molecule has 14 aromatic rings. The molecule has 0 unspecified atom stereocenters. The highest BCUT2D eigenvalue weighted by atomic mass is 32.1. The summed E-state index contributed by atoms with van der Waals surface area (Å²) in [5.41, 5.74) is 7.48. The predicted octanol–water partition coefficient (Wildman–Crippen LogP) is 15.5. The van der Waals surface area contributed by atoms with Gasteiger partial charge in [0.05, 0.1) is 22.1 Å². The van der Waals surface area contributed by atoms with E-state index in [1.54, 1.807) is 0 Å². The molecule has 2 nitrogen and oxygen atoms in total. The van der Waals surface area contributed by atoms with Crippen molar-refractivity contribution in [1.29, 1.82) is 0 Å². The lowest BCUT2D eigenvalue weighted by Crippen LogP contribution is -1.91. The molecule has 0 radical (unpaired) electrons. The summed E-state index contributed by atoms with van der Waals surface area (Å²) in [5.74, 6) is 0. The van der Waals surface area contributed by atoms with Crippen LogP contribution >= 0.6 is 22.7 Å². The number of hydrogen-bond donors (Lipinski definition) is 0. The average Bonchev–Trinajstić information content (AvgIpc) is 4.02. The van der Waals surface area contributed by atoms with E-state index in [9.17, 15) is 0 Å². The number of rotatable bonds is 1. The lowest BCUT2D eigenvalue weighted by molar-refractivity contribution is 1.29. The highest BCUT2D eigenvalue weighted by molar-refractivity contribution is 7.26. The van der Waals surface area contributed by atoms with Crippen molar-refractivity contribution in [2.75, 3.05) is 0 Å². The summed E-state index contributed by atoms with van der Waals surface area (Å²) in [5, 5.41) is 18.2. The van der Waals surface area contributed by atoms with Gasteiger partial charge in [0, 0.05) is 95.8 Å². The zero-order valence-electron chi connectivity index (χ0n) is 29.9. The second-order valence-corrected chi connectivity index (χ2v) is 17.5. The Hall–Kier alpha value is -6.72. The van der Waals surface area contributed by atoms with Crippen molar-refractivity contribution in [1.82, 2.24) is 8.80 Å². The first-order valence-corrected chi connectivity index (χ1v) is 20.8. The summed E-state index contributed by atoms with van der Waals surface area (Å²) in [4.78, 5) is 0. The van der Waals surface area contributed by atoms with Crippen LogP contribution in [0, 0.1) is 0 Å². The highest BCUT2D eigenvalue weighted by Gasteiger charge is 2.19. The summed E-state index contributed by atoms with van der Waals surface area (Å²) < 4.78 is 10.2. The topological polar surface area (TPSA) is 8.82 Å². The Morgan fingerprint density at radius 3 is 1.57 bits per heavy atom. The third kappa shape index (κ3) is 3.80. The molecule has 258 valence electrons. The minimum atomic E-state index is 1.23. The first kappa shape index (κ1) is 29.6. The summed E-state index contributed by atoms with van der Waals surface area (Å²) in [7, 11) is 0. The first-order valence-electron chi connectivity index (χ1n) is 19.1. The largest absolute Gasteiger partial charge is 0.315 e. The zero-order chi connectivity index (χ0) is 36.2. The maximum absolute atomic E-state index is 2.46. The van der Waals surface area contributed by atoms with Crippen LogP contribution < -0.4 is 0 Å². The third-order valence-corrected chi connectivity index (χ3v) is 14.7. The number of hydrogen-bond acceptors (Lipinski definition) is 2. The summed E-state index contributed by atoms with van der Waals surface area (Å²) in [6.07, 6.45) is 4.68. The fraction of sp³-hybridized carbons (Fsp3) is 0. The van der Waals surface area contributed by atoms with Gasteiger partial charge in [0.2, 0.25) is 0 Å². The fourth-order valence-corrected chi connectivity index (χ4v) is 12.2. The number of aromatic nitrogens is 2. The quantitative estimate of drug-likeness (QED) is 0.148. The number of pyridine rings is 2. The first-order chi connectivity index (χ1) is 27.7. The normalized spacial score (nSPS) is 12.6. The predicted molar refractivity (Wildman–Crippen MR) is 245 cm³/mol. The van der Waals surface area contributed by atoms with Crippen LogP contribution in [-0.4, -0.2) is 8.80 Å². The molecule has 0 fully saturated rings. The van der Waals surface area contributed by atoms with E-state index in [2.05, 4.69) is 179 Å². The van der Waals surface area contributed by atoms with Crippen molar-refractivity contribution in [3.8, 4) is 11.1 Å². The van der Waals surface area contributed by atoms with Crippen LogP contribution in [0.2, 0.25) is 0 Å². The van der Waals surface area contributed by atoms with Gasteiger partial charge in [0.1, 0.15) is 0 Å². The van der Waals surface area contributed by atoms with E-state index in [0.29, 0.717) is 0 Å². The molecule has 0 bridgehead atoms. The van der Waals surface area contributed by atoms with Gasteiger partial charge in [0.15, 0.2) is 0 Å². The number of fused-ring (bicyclic) bond motifs is 22. The Kier molecular flexibility index (Phi) is 5.56. The van der Waals surface area contributed by atoms with Gasteiger partial charge in [-0.15, -0.1) is 22.7 Å². The lowest BCUT2D eigenvalue weighted by atomic mass is 9.96. The maximum Gasteiger partial charge on any atom is 0.0614 e. The van der Waals surface area contributed by atoms with Crippen molar-refractivity contribution in [3.05, 3.63) is 170 Å². The summed E-state index contributed by atoms with van der Waals surface area (Å²) in [6, 6.07) is 59.3. The van der Waals surface area contributed by atoms with Crippen molar-refractivity contribution < 1.29 is 0 Å². The van der Waals surface area contributed by atoms with E-state index >= 15 is 0 Å². The molecule has 14 rings (SSSR count). The van der Waals surface area contributed by atoms with Crippen LogP contribution in [0.1, 0.15) is 0 Å². The van der Waals surface area contributed by atoms with Crippen LogP contribution in [-0.2, 0) is 0 Å². The SMILES string of the molecule is c1ccc2c(c1)cn1c3ccc(-c4ccc5c(c4)cn4c6ccccc6c6cc7c(cc6c54)sc4ccccc47)cc3c3cc4sc5ccccc5c4cc3c21. The van der Waals surface area contributed by atoms with Gasteiger partial charge in [-0.2, -0.15) is 0 Å². The molecule has 0 saturated heterocycles. The number of thiophene rings is 2. The molecule has 0 aliphatic heterocycles. The molecule has 0 N–H and O–H groups in total. The minimum absolute atomic E-state index is 1.23. The summed E-state index contributed by atoms with van der Waals surface area (Å²) >= 11 is 3.79. The average molecular weight is 745 g/mol. The van der Waals surface area contributed by atoms with Gasteiger partial charge in [-0.1, -0.05) is 97.1 Å². The molecule has 0 amide bonds. The fourth-order valence-electron chi connectivity index (χ4n) is 9.92. The molecule has 6 heterocycles. The molecule has 0 atom stereocenters. The van der Waals surface area contributed by atoms with Crippen LogP contribution in [0.15, 0.2) is 170 Å². The molecule has 0 aliphatic carbocycles. The lowest BCUT2D eigenvalue weighted by Gasteiger charge is -2.12. The van der Waals surface area contributed by atoms with E-state index in [0.717, 1.165) is 0 Å². The Morgan fingerprint density at radius 2 is 0.804 bits per heavy atom. The van der Waals surface area contributed by atoms with Crippen molar-refractivity contribution in [2.45, 2.75) is 0 Å². The number of para-hydroxylation sites is 1. The second-order valence-electron chi connectivity index (χ2n) is 15.3. The zero-order valence-corrected chi connectivity index (χ0v) is 31.5. The Labute approximate surface area is 327 Å². The second kappa shape index (κ2) is 10.5. The van der Waals surface area contributed by atoms with Crippen LogP contribution in [0.5, 0.6) is 0 Å². The molecule has 56 heavy (non-hydrogen) atoms.